The van der Waals surface area contributed by atoms with E-state index in [1.165, 1.54) is 42.7 Å². The molecule has 1 N–H and O–H groups in total. The summed E-state index contributed by atoms with van der Waals surface area (Å²) in [5.41, 5.74) is 1.72. The van der Waals surface area contributed by atoms with Crippen molar-refractivity contribution in [1.29, 1.82) is 0 Å². The number of methoxy groups -OCH3 is 1. The second-order valence-electron chi connectivity index (χ2n) is 6.82. The average Bonchev–Trinajstić information content (AvgIpc) is 3.15. The van der Waals surface area contributed by atoms with E-state index in [0.29, 0.717) is 34.7 Å². The molecule has 32 heavy (non-hydrogen) atoms. The van der Waals surface area contributed by atoms with Gasteiger partial charge in [0, 0.05) is 17.0 Å². The maximum Gasteiger partial charge on any atom is 0.410 e. The number of anilines is 1. The van der Waals surface area contributed by atoms with Crippen LogP contribution in [0.25, 0.3) is 0 Å². The van der Waals surface area contributed by atoms with E-state index in [2.05, 4.69) is 10.1 Å². The first-order valence-corrected chi connectivity index (χ1v) is 10.9. The summed E-state index contributed by atoms with van der Waals surface area (Å²) in [7, 11) is 1.28. The number of hydrogen-bond donors (Lipinski definition) is 1. The number of ether oxygens (including phenoxy) is 3. The SMILES string of the molecule is CCOC(=O)c1c(NC(=O)c2ccc(C(=O)OC)cc2)sc2c1CCN(C(=O)OCC)C2. The third-order valence-electron chi connectivity index (χ3n) is 4.86. The third kappa shape index (κ3) is 4.91. The molecule has 3 rings (SSSR count). The van der Waals surface area contributed by atoms with Gasteiger partial charge in [0.25, 0.3) is 5.91 Å². The van der Waals surface area contributed by atoms with E-state index in [9.17, 15) is 19.2 Å². The normalized spacial score (nSPS) is 12.5. The van der Waals surface area contributed by atoms with Gasteiger partial charge in [-0.25, -0.2) is 14.4 Å². The van der Waals surface area contributed by atoms with Crippen LogP contribution >= 0.6 is 11.3 Å². The standard InChI is InChI=1S/C22H24N2O7S/c1-4-30-21(27)17-15-10-11-24(22(28)31-5-2)12-16(15)32-19(17)23-18(25)13-6-8-14(9-7-13)20(26)29-3/h6-9H,4-5,10-12H2,1-3H3,(H,23,25). The highest BCUT2D eigenvalue weighted by molar-refractivity contribution is 7.17. The van der Waals surface area contributed by atoms with Crippen LogP contribution in [-0.4, -0.2) is 55.7 Å². The molecule has 2 aromatic rings. The van der Waals surface area contributed by atoms with Crippen LogP contribution in [0.15, 0.2) is 24.3 Å². The molecule has 0 saturated heterocycles. The first-order chi connectivity index (χ1) is 15.4. The number of amides is 2. The van der Waals surface area contributed by atoms with Crippen LogP contribution in [-0.2, 0) is 27.2 Å². The van der Waals surface area contributed by atoms with Gasteiger partial charge in [0.05, 0.1) is 38.0 Å². The third-order valence-corrected chi connectivity index (χ3v) is 5.99. The predicted octanol–water partition coefficient (Wildman–Crippen LogP) is 3.48. The molecule has 0 spiro atoms. The summed E-state index contributed by atoms with van der Waals surface area (Å²) in [5, 5.41) is 3.15. The van der Waals surface area contributed by atoms with E-state index in [1.807, 2.05) is 0 Å². The zero-order valence-corrected chi connectivity index (χ0v) is 18.9. The van der Waals surface area contributed by atoms with Gasteiger partial charge in [-0.3, -0.25) is 4.79 Å². The summed E-state index contributed by atoms with van der Waals surface area (Å²) >= 11 is 1.23. The molecule has 0 bridgehead atoms. The highest BCUT2D eigenvalue weighted by Crippen LogP contribution is 2.38. The summed E-state index contributed by atoms with van der Waals surface area (Å²) in [4.78, 5) is 51.5. The van der Waals surface area contributed by atoms with Crippen LogP contribution in [0.5, 0.6) is 0 Å². The molecule has 1 aliphatic rings. The molecule has 10 heteroatoms. The molecular weight excluding hydrogens is 436 g/mol. The monoisotopic (exact) mass is 460 g/mol. The molecule has 9 nitrogen and oxygen atoms in total. The first kappa shape index (κ1) is 23.3. The summed E-state index contributed by atoms with van der Waals surface area (Å²) in [6, 6.07) is 5.98. The van der Waals surface area contributed by atoms with E-state index < -0.39 is 23.9 Å². The quantitative estimate of drug-likeness (QED) is 0.519. The van der Waals surface area contributed by atoms with Crippen molar-refractivity contribution in [3.63, 3.8) is 0 Å². The van der Waals surface area contributed by atoms with E-state index in [-0.39, 0.29) is 19.8 Å². The summed E-state index contributed by atoms with van der Waals surface area (Å²) in [6.07, 6.45) is 0.0307. The minimum absolute atomic E-state index is 0.195. The zero-order chi connectivity index (χ0) is 23.3. The molecule has 0 fully saturated rings. The van der Waals surface area contributed by atoms with E-state index in [4.69, 9.17) is 9.47 Å². The molecule has 2 heterocycles. The van der Waals surface area contributed by atoms with Gasteiger partial charge in [-0.1, -0.05) is 0 Å². The second-order valence-corrected chi connectivity index (χ2v) is 7.93. The maximum atomic E-state index is 12.8. The molecule has 0 saturated carbocycles. The lowest BCUT2D eigenvalue weighted by Crippen LogP contribution is -2.36. The Morgan fingerprint density at radius 2 is 1.66 bits per heavy atom. The summed E-state index contributed by atoms with van der Waals surface area (Å²) in [6.45, 7) is 4.60. The lowest BCUT2D eigenvalue weighted by atomic mass is 10.0. The number of benzene rings is 1. The summed E-state index contributed by atoms with van der Waals surface area (Å²) in [5.74, 6) is -1.46. The number of nitrogens with one attached hydrogen (secondary N) is 1. The van der Waals surface area contributed by atoms with Gasteiger partial charge in [0.15, 0.2) is 0 Å². The smallest absolute Gasteiger partial charge is 0.410 e. The summed E-state index contributed by atoms with van der Waals surface area (Å²) < 4.78 is 14.9. The molecular formula is C22H24N2O7S. The Balaban J connectivity index is 1.87. The Kier molecular flexibility index (Phi) is 7.47. The molecule has 0 radical (unpaired) electrons. The first-order valence-electron chi connectivity index (χ1n) is 10.1. The van der Waals surface area contributed by atoms with E-state index in [0.717, 1.165) is 10.4 Å². The Morgan fingerprint density at radius 3 is 2.28 bits per heavy atom. The Morgan fingerprint density at radius 1 is 1.00 bits per heavy atom. The topological polar surface area (TPSA) is 111 Å². The van der Waals surface area contributed by atoms with Gasteiger partial charge >= 0.3 is 18.0 Å². The highest BCUT2D eigenvalue weighted by atomic mass is 32.1. The molecule has 0 aliphatic carbocycles. The van der Waals surface area contributed by atoms with Gasteiger partial charge in [-0.05, 0) is 50.1 Å². The van der Waals surface area contributed by atoms with Crippen molar-refractivity contribution in [2.24, 2.45) is 0 Å². The number of nitrogens with zero attached hydrogens (tertiary/aromatic N) is 1. The van der Waals surface area contributed by atoms with Crippen LogP contribution < -0.4 is 5.32 Å². The van der Waals surface area contributed by atoms with Gasteiger partial charge in [-0.2, -0.15) is 0 Å². The average molecular weight is 461 g/mol. The van der Waals surface area contributed by atoms with Crippen molar-refractivity contribution in [1.82, 2.24) is 4.90 Å². The number of rotatable bonds is 6. The molecule has 1 aliphatic heterocycles. The number of carbonyl (C=O) groups is 4. The predicted molar refractivity (Wildman–Crippen MR) is 117 cm³/mol. The van der Waals surface area contributed by atoms with Crippen LogP contribution in [0.3, 0.4) is 0 Å². The lowest BCUT2D eigenvalue weighted by Gasteiger charge is -2.26. The number of thiophene rings is 1. The molecule has 2 amide bonds. The fourth-order valence-corrected chi connectivity index (χ4v) is 4.58. The van der Waals surface area contributed by atoms with Gasteiger partial charge < -0.3 is 24.4 Å². The fourth-order valence-electron chi connectivity index (χ4n) is 3.33. The number of carbonyl (C=O) groups excluding carboxylic acids is 4. The molecule has 1 aromatic heterocycles. The minimum atomic E-state index is -0.522. The zero-order valence-electron chi connectivity index (χ0n) is 18.1. The Hall–Kier alpha value is -3.40. The molecule has 1 aromatic carbocycles. The van der Waals surface area contributed by atoms with Crippen LogP contribution in [0, 0.1) is 0 Å². The van der Waals surface area contributed by atoms with Crippen molar-refractivity contribution >= 4 is 40.3 Å². The van der Waals surface area contributed by atoms with Crippen LogP contribution in [0.2, 0.25) is 0 Å². The molecule has 170 valence electrons. The van der Waals surface area contributed by atoms with Gasteiger partial charge in [-0.15, -0.1) is 11.3 Å². The Labute approximate surface area is 189 Å². The van der Waals surface area contributed by atoms with Crippen molar-refractivity contribution in [3.05, 3.63) is 51.4 Å². The highest BCUT2D eigenvalue weighted by Gasteiger charge is 2.31. The molecule has 0 atom stereocenters. The van der Waals surface area contributed by atoms with Crippen LogP contribution in [0.1, 0.15) is 55.4 Å². The molecule has 0 unspecified atom stereocenters. The maximum absolute atomic E-state index is 12.8. The van der Waals surface area contributed by atoms with Crippen molar-refractivity contribution in [3.8, 4) is 0 Å². The lowest BCUT2D eigenvalue weighted by molar-refractivity contribution is 0.0525. The number of hydrogen-bond acceptors (Lipinski definition) is 8. The van der Waals surface area contributed by atoms with Crippen molar-refractivity contribution in [2.75, 3.05) is 32.2 Å². The van der Waals surface area contributed by atoms with E-state index >= 15 is 0 Å². The number of fused-ring (bicyclic) bond motifs is 1. The van der Waals surface area contributed by atoms with Gasteiger partial charge in [0.2, 0.25) is 0 Å². The second kappa shape index (κ2) is 10.3. The van der Waals surface area contributed by atoms with Gasteiger partial charge in [0.1, 0.15) is 5.00 Å². The minimum Gasteiger partial charge on any atom is -0.465 e. The fraction of sp³-hybridized carbons (Fsp3) is 0.364. The van der Waals surface area contributed by atoms with Crippen molar-refractivity contribution < 1.29 is 33.4 Å². The van der Waals surface area contributed by atoms with Crippen LogP contribution in [0.4, 0.5) is 9.80 Å². The van der Waals surface area contributed by atoms with E-state index in [1.54, 1.807) is 18.7 Å². The largest absolute Gasteiger partial charge is 0.465 e. The Bertz CT molecular complexity index is 1030. The van der Waals surface area contributed by atoms with Crippen molar-refractivity contribution in [2.45, 2.75) is 26.8 Å². The number of esters is 2.